The highest BCUT2D eigenvalue weighted by Crippen LogP contribution is 2.16. The fourth-order valence-electron chi connectivity index (χ4n) is 1.39. The summed E-state index contributed by atoms with van der Waals surface area (Å²) in [6.07, 6.45) is 4.99. The molecule has 0 atom stereocenters. The average Bonchev–Trinajstić information content (AvgIpc) is 2.73. The molecule has 0 saturated heterocycles. The van der Waals surface area contributed by atoms with Crippen molar-refractivity contribution in [2.75, 3.05) is 0 Å². The smallest absolute Gasteiger partial charge is 0.113 e. The maximum absolute atomic E-state index is 5.81. The number of rotatable bonds is 3. The summed E-state index contributed by atoms with van der Waals surface area (Å²) in [7, 11) is 0. The van der Waals surface area contributed by atoms with Gasteiger partial charge < -0.3 is 0 Å². The molecule has 0 aliphatic heterocycles. The highest BCUT2D eigenvalue weighted by molar-refractivity contribution is 6.16. The topological polar surface area (TPSA) is 43.6 Å². The zero-order valence-electron chi connectivity index (χ0n) is 8.39. The van der Waals surface area contributed by atoms with Crippen LogP contribution in [0.5, 0.6) is 0 Å². The molecule has 0 saturated carbocycles. The van der Waals surface area contributed by atoms with Crippen molar-refractivity contribution in [3.05, 3.63) is 30.4 Å². The van der Waals surface area contributed by atoms with Crippen LogP contribution in [0.25, 0.3) is 11.4 Å². The van der Waals surface area contributed by atoms with Crippen molar-refractivity contribution in [2.45, 2.75) is 19.3 Å². The van der Waals surface area contributed by atoms with Gasteiger partial charge in [0, 0.05) is 18.9 Å². The lowest BCUT2D eigenvalue weighted by Crippen LogP contribution is -2.00. The molecule has 0 fully saturated rings. The predicted octanol–water partition coefficient (Wildman–Crippen LogP) is 2.10. The van der Waals surface area contributed by atoms with Gasteiger partial charge in [-0.15, -0.1) is 11.6 Å². The third-order valence-corrected chi connectivity index (χ3v) is 2.40. The molecule has 0 radical (unpaired) electrons. The Morgan fingerprint density at radius 3 is 2.73 bits per heavy atom. The molecule has 2 heterocycles. The normalized spacial score (nSPS) is 10.5. The summed E-state index contributed by atoms with van der Waals surface area (Å²) in [5, 5.41) is 4.40. The van der Waals surface area contributed by atoms with Gasteiger partial charge in [0.1, 0.15) is 11.4 Å². The van der Waals surface area contributed by atoms with Crippen LogP contribution in [0.1, 0.15) is 12.6 Å². The number of halogens is 1. The third-order valence-electron chi connectivity index (χ3n) is 2.13. The number of aromatic nitrogens is 4. The number of hydrogen-bond donors (Lipinski definition) is 0. The summed E-state index contributed by atoms with van der Waals surface area (Å²) in [5.41, 5.74) is 2.59. The molecule has 5 heteroatoms. The summed E-state index contributed by atoms with van der Waals surface area (Å²) in [5.74, 6) is 0.459. The highest BCUT2D eigenvalue weighted by atomic mass is 35.5. The van der Waals surface area contributed by atoms with E-state index >= 15 is 0 Å². The van der Waals surface area contributed by atoms with Gasteiger partial charge in [-0.3, -0.25) is 14.6 Å². The van der Waals surface area contributed by atoms with Crippen molar-refractivity contribution in [3.8, 4) is 11.4 Å². The third kappa shape index (κ3) is 1.99. The van der Waals surface area contributed by atoms with Crippen LogP contribution in [0.3, 0.4) is 0 Å². The fourth-order valence-corrected chi connectivity index (χ4v) is 1.61. The summed E-state index contributed by atoms with van der Waals surface area (Å²) < 4.78 is 1.87. The highest BCUT2D eigenvalue weighted by Gasteiger charge is 2.08. The molecular weight excluding hydrogens is 212 g/mol. The lowest BCUT2D eigenvalue weighted by molar-refractivity contribution is 0.638. The van der Waals surface area contributed by atoms with Gasteiger partial charge in [-0.2, -0.15) is 5.10 Å². The molecular formula is C10H11ClN4. The maximum Gasteiger partial charge on any atom is 0.113 e. The Hall–Kier alpha value is -1.42. The molecule has 2 aromatic heterocycles. The summed E-state index contributed by atoms with van der Waals surface area (Å²) >= 11 is 5.81. The zero-order valence-corrected chi connectivity index (χ0v) is 9.15. The summed E-state index contributed by atoms with van der Waals surface area (Å²) in [4.78, 5) is 8.20. The molecule has 0 aliphatic carbocycles. The summed E-state index contributed by atoms with van der Waals surface area (Å²) in [6.45, 7) is 2.84. The largest absolute Gasteiger partial charge is 0.268 e. The Morgan fingerprint density at radius 2 is 2.20 bits per heavy atom. The molecule has 4 nitrogen and oxygen atoms in total. The van der Waals surface area contributed by atoms with Crippen LogP contribution in [0.2, 0.25) is 0 Å². The second-order valence-corrected chi connectivity index (χ2v) is 3.33. The minimum absolute atomic E-state index is 0.459. The van der Waals surface area contributed by atoms with Gasteiger partial charge in [0.2, 0.25) is 0 Å². The van der Waals surface area contributed by atoms with Crippen LogP contribution in [-0.4, -0.2) is 19.7 Å². The lowest BCUT2D eigenvalue weighted by Gasteiger charge is -1.98. The maximum atomic E-state index is 5.81. The SMILES string of the molecule is CCn1nc(-c2cnccn2)cc1CCl. The minimum atomic E-state index is 0.459. The van der Waals surface area contributed by atoms with Crippen molar-refractivity contribution in [3.63, 3.8) is 0 Å². The number of alkyl halides is 1. The van der Waals surface area contributed by atoms with Gasteiger partial charge >= 0.3 is 0 Å². The second-order valence-electron chi connectivity index (χ2n) is 3.06. The summed E-state index contributed by atoms with van der Waals surface area (Å²) in [6, 6.07) is 1.94. The Kier molecular flexibility index (Phi) is 2.97. The van der Waals surface area contributed by atoms with Gasteiger partial charge in [-0.05, 0) is 13.0 Å². The van der Waals surface area contributed by atoms with E-state index in [1.165, 1.54) is 0 Å². The Bertz CT molecular complexity index is 416. The lowest BCUT2D eigenvalue weighted by atomic mass is 10.3. The number of nitrogens with zero attached hydrogens (tertiary/aromatic N) is 4. The molecule has 2 aromatic rings. The first kappa shape index (κ1) is 10.1. The van der Waals surface area contributed by atoms with Crippen molar-refractivity contribution < 1.29 is 0 Å². The number of aryl methyl sites for hydroxylation is 1. The van der Waals surface area contributed by atoms with Gasteiger partial charge in [0.05, 0.1) is 17.8 Å². The molecule has 0 unspecified atom stereocenters. The monoisotopic (exact) mass is 222 g/mol. The first-order chi connectivity index (χ1) is 7.35. The van der Waals surface area contributed by atoms with Crippen molar-refractivity contribution in [2.24, 2.45) is 0 Å². The van der Waals surface area contributed by atoms with E-state index in [2.05, 4.69) is 15.1 Å². The van der Waals surface area contributed by atoms with Crippen LogP contribution < -0.4 is 0 Å². The zero-order chi connectivity index (χ0) is 10.7. The molecule has 0 spiro atoms. The van der Waals surface area contributed by atoms with Crippen LogP contribution in [-0.2, 0) is 12.4 Å². The van der Waals surface area contributed by atoms with Gasteiger partial charge in [-0.1, -0.05) is 0 Å². The van der Waals surface area contributed by atoms with E-state index in [1.54, 1.807) is 18.6 Å². The molecule has 0 aliphatic rings. The molecule has 0 aromatic carbocycles. The van der Waals surface area contributed by atoms with E-state index in [4.69, 9.17) is 11.6 Å². The Morgan fingerprint density at radius 1 is 1.33 bits per heavy atom. The molecule has 2 rings (SSSR count). The molecule has 0 amide bonds. The van der Waals surface area contributed by atoms with E-state index < -0.39 is 0 Å². The Labute approximate surface area is 92.9 Å². The van der Waals surface area contributed by atoms with E-state index in [1.807, 2.05) is 17.7 Å². The molecule has 15 heavy (non-hydrogen) atoms. The van der Waals surface area contributed by atoms with E-state index in [-0.39, 0.29) is 0 Å². The van der Waals surface area contributed by atoms with Crippen LogP contribution in [0.15, 0.2) is 24.7 Å². The van der Waals surface area contributed by atoms with Crippen molar-refractivity contribution in [1.82, 2.24) is 19.7 Å². The van der Waals surface area contributed by atoms with Gasteiger partial charge in [0.25, 0.3) is 0 Å². The quantitative estimate of drug-likeness (QED) is 0.747. The second kappa shape index (κ2) is 4.40. The van der Waals surface area contributed by atoms with Crippen molar-refractivity contribution in [1.29, 1.82) is 0 Å². The van der Waals surface area contributed by atoms with E-state index in [9.17, 15) is 0 Å². The van der Waals surface area contributed by atoms with Gasteiger partial charge in [0.15, 0.2) is 0 Å². The standard InChI is InChI=1S/C10H11ClN4/c1-2-15-8(6-11)5-9(14-15)10-7-12-3-4-13-10/h3-5,7H,2,6H2,1H3. The molecule has 78 valence electrons. The number of hydrogen-bond acceptors (Lipinski definition) is 3. The first-order valence-corrected chi connectivity index (χ1v) is 5.27. The van der Waals surface area contributed by atoms with Crippen LogP contribution in [0, 0.1) is 0 Å². The fraction of sp³-hybridized carbons (Fsp3) is 0.300. The predicted molar refractivity (Wildman–Crippen MR) is 58.5 cm³/mol. The molecule has 0 N–H and O–H groups in total. The van der Waals surface area contributed by atoms with Crippen LogP contribution in [0.4, 0.5) is 0 Å². The van der Waals surface area contributed by atoms with E-state index in [0.29, 0.717) is 5.88 Å². The Balaban J connectivity index is 2.42. The first-order valence-electron chi connectivity index (χ1n) is 4.74. The van der Waals surface area contributed by atoms with Crippen molar-refractivity contribution >= 4 is 11.6 Å². The van der Waals surface area contributed by atoms with E-state index in [0.717, 1.165) is 23.6 Å². The van der Waals surface area contributed by atoms with Gasteiger partial charge in [-0.25, -0.2) is 0 Å². The minimum Gasteiger partial charge on any atom is -0.268 e. The molecule has 0 bridgehead atoms. The van der Waals surface area contributed by atoms with Crippen LogP contribution >= 0.6 is 11.6 Å². The average molecular weight is 223 g/mol.